The summed E-state index contributed by atoms with van der Waals surface area (Å²) in [6.45, 7) is 14.1. The van der Waals surface area contributed by atoms with E-state index >= 15 is 0 Å². The minimum atomic E-state index is 0.0958. The van der Waals surface area contributed by atoms with Crippen LogP contribution in [-0.2, 0) is 0 Å². The molecular formula is C41H38BNOS. The van der Waals surface area contributed by atoms with Gasteiger partial charge in [-0.3, -0.25) is 0 Å². The van der Waals surface area contributed by atoms with Crippen molar-refractivity contribution in [3.63, 3.8) is 0 Å². The Morgan fingerprint density at radius 2 is 1.27 bits per heavy atom. The molecule has 8 rings (SSSR count). The first-order valence-corrected chi connectivity index (χ1v) is 17.1. The van der Waals surface area contributed by atoms with E-state index in [0.29, 0.717) is 17.8 Å². The number of hydrogen-bond acceptors (Lipinski definition) is 2. The maximum Gasteiger partial charge on any atom is 0.251 e. The molecule has 0 aliphatic carbocycles. The van der Waals surface area contributed by atoms with Gasteiger partial charge in [0.25, 0.3) is 6.71 Å². The van der Waals surface area contributed by atoms with E-state index in [4.69, 9.17) is 4.74 Å². The van der Waals surface area contributed by atoms with Crippen molar-refractivity contribution < 1.29 is 4.74 Å². The highest BCUT2D eigenvalue weighted by atomic mass is 32.1. The number of hydrogen-bond donors (Lipinski definition) is 0. The van der Waals surface area contributed by atoms with Crippen molar-refractivity contribution >= 4 is 65.6 Å². The predicted molar refractivity (Wildman–Crippen MR) is 196 cm³/mol. The summed E-state index contributed by atoms with van der Waals surface area (Å²) in [6, 6.07) is 38.1. The van der Waals surface area contributed by atoms with E-state index in [1.165, 1.54) is 64.3 Å². The van der Waals surface area contributed by atoms with Gasteiger partial charge in [0.1, 0.15) is 11.5 Å². The molecule has 222 valence electrons. The molecule has 2 aromatic heterocycles. The quantitative estimate of drug-likeness (QED) is 0.179. The van der Waals surface area contributed by atoms with E-state index in [0.717, 1.165) is 17.2 Å². The fourth-order valence-electron chi connectivity index (χ4n) is 7.43. The average molecular weight is 604 g/mol. The molecule has 0 atom stereocenters. The van der Waals surface area contributed by atoms with Crippen molar-refractivity contribution in [2.75, 3.05) is 0 Å². The van der Waals surface area contributed by atoms with Gasteiger partial charge in [-0.15, -0.1) is 11.3 Å². The van der Waals surface area contributed by atoms with Crippen molar-refractivity contribution in [2.24, 2.45) is 0 Å². The molecule has 0 amide bonds. The van der Waals surface area contributed by atoms with Gasteiger partial charge in [0.2, 0.25) is 0 Å². The van der Waals surface area contributed by atoms with E-state index < -0.39 is 0 Å². The van der Waals surface area contributed by atoms with Crippen molar-refractivity contribution in [3.8, 4) is 17.2 Å². The van der Waals surface area contributed by atoms with E-state index in [9.17, 15) is 0 Å². The third-order valence-electron chi connectivity index (χ3n) is 9.66. The summed E-state index contributed by atoms with van der Waals surface area (Å²) in [4.78, 5) is 0. The van der Waals surface area contributed by atoms with Crippen LogP contribution < -0.4 is 21.1 Å². The van der Waals surface area contributed by atoms with Gasteiger partial charge >= 0.3 is 0 Å². The zero-order valence-electron chi connectivity index (χ0n) is 26.9. The molecule has 0 unspecified atom stereocenters. The Morgan fingerprint density at radius 3 is 2.00 bits per heavy atom. The summed E-state index contributed by atoms with van der Waals surface area (Å²) in [6.07, 6.45) is 0. The molecule has 7 aromatic rings. The minimum Gasteiger partial charge on any atom is -0.458 e. The largest absolute Gasteiger partial charge is 0.458 e. The topological polar surface area (TPSA) is 14.2 Å². The number of thiophene rings is 1. The summed E-state index contributed by atoms with van der Waals surface area (Å²) < 4.78 is 11.9. The lowest BCUT2D eigenvalue weighted by Gasteiger charge is -2.32. The van der Waals surface area contributed by atoms with Gasteiger partial charge in [-0.2, -0.15) is 0 Å². The second-order valence-corrected chi connectivity index (χ2v) is 14.6. The Hall–Kier alpha value is -4.28. The monoisotopic (exact) mass is 603 g/mol. The molecule has 3 heterocycles. The molecule has 1 aliphatic heterocycles. The van der Waals surface area contributed by atoms with Gasteiger partial charge < -0.3 is 9.30 Å². The number of fused-ring (bicyclic) bond motifs is 7. The molecule has 45 heavy (non-hydrogen) atoms. The second kappa shape index (κ2) is 10.7. The van der Waals surface area contributed by atoms with Crippen LogP contribution in [0.5, 0.6) is 11.5 Å². The van der Waals surface area contributed by atoms with Crippen molar-refractivity contribution in [1.29, 1.82) is 0 Å². The molecule has 0 saturated heterocycles. The van der Waals surface area contributed by atoms with Gasteiger partial charge in [0, 0.05) is 27.2 Å². The molecule has 0 N–H and O–H groups in total. The molecule has 4 heteroatoms. The van der Waals surface area contributed by atoms with Crippen LogP contribution in [0.3, 0.4) is 0 Å². The zero-order chi connectivity index (χ0) is 31.0. The molecular weight excluding hydrogens is 565 g/mol. The van der Waals surface area contributed by atoms with Gasteiger partial charge in [0.05, 0.1) is 15.7 Å². The second-order valence-electron chi connectivity index (χ2n) is 13.5. The van der Waals surface area contributed by atoms with Gasteiger partial charge in [0.15, 0.2) is 0 Å². The minimum absolute atomic E-state index is 0.0958. The fourth-order valence-corrected chi connectivity index (χ4v) is 8.65. The summed E-state index contributed by atoms with van der Waals surface area (Å²) >= 11 is 1.88. The van der Waals surface area contributed by atoms with Crippen LogP contribution in [0.1, 0.15) is 76.0 Å². The number of ether oxygens (including phenoxy) is 1. The molecule has 1 aliphatic rings. The van der Waals surface area contributed by atoms with Crippen molar-refractivity contribution in [3.05, 3.63) is 120 Å². The predicted octanol–water partition coefficient (Wildman–Crippen LogP) is 9.99. The Morgan fingerprint density at radius 1 is 0.622 bits per heavy atom. The van der Waals surface area contributed by atoms with Crippen LogP contribution >= 0.6 is 11.3 Å². The number of nitrogens with zero attached hydrogens (tertiary/aromatic N) is 1. The van der Waals surface area contributed by atoms with Gasteiger partial charge in [-0.1, -0.05) is 120 Å². The molecule has 5 aromatic carbocycles. The smallest absolute Gasteiger partial charge is 0.251 e. The van der Waals surface area contributed by atoms with E-state index in [1.807, 2.05) is 11.3 Å². The molecule has 0 spiro atoms. The summed E-state index contributed by atoms with van der Waals surface area (Å²) in [5, 5.41) is 2.59. The lowest BCUT2D eigenvalue weighted by molar-refractivity contribution is 0.487. The Bertz CT molecular complexity index is 2220. The Balaban J connectivity index is 1.40. The van der Waals surface area contributed by atoms with Crippen molar-refractivity contribution in [1.82, 2.24) is 4.57 Å². The van der Waals surface area contributed by atoms with Crippen molar-refractivity contribution in [2.45, 2.75) is 59.3 Å². The van der Waals surface area contributed by atoms with E-state index in [1.54, 1.807) is 0 Å². The first kappa shape index (κ1) is 28.2. The SMILES string of the molecule is CC(C)c1cc(C(C)C)c(B2c3ccccc3Oc3cc(-n4c5ccccc5c5sc6ccccc6c54)ccc32)c(C(C)C)c1. The fraction of sp³-hybridized carbons (Fsp3) is 0.220. The van der Waals surface area contributed by atoms with Crippen LogP contribution in [0.4, 0.5) is 0 Å². The highest BCUT2D eigenvalue weighted by Gasteiger charge is 2.36. The standard InChI is InChI=1S/C41H38BNOS/c1-24(2)27-21-31(25(3)4)39(32(22-27)26(5)6)42-33-15-9-11-17-36(33)44-37-23-28(19-20-34(37)42)43-35-16-10-7-13-29(35)41-40(43)30-14-8-12-18-38(30)45-41/h7-26H,1-6H3. The lowest BCUT2D eigenvalue weighted by Crippen LogP contribution is -2.57. The zero-order valence-corrected chi connectivity index (χ0v) is 27.7. The number of rotatable bonds is 5. The highest BCUT2D eigenvalue weighted by Crippen LogP contribution is 2.42. The third kappa shape index (κ3) is 4.37. The van der Waals surface area contributed by atoms with Crippen LogP contribution in [0.15, 0.2) is 103 Å². The molecule has 0 saturated carbocycles. The average Bonchev–Trinajstić information content (AvgIpc) is 3.57. The van der Waals surface area contributed by atoms with E-state index in [-0.39, 0.29) is 6.71 Å². The molecule has 0 radical (unpaired) electrons. The summed E-state index contributed by atoms with van der Waals surface area (Å²) in [7, 11) is 0. The summed E-state index contributed by atoms with van der Waals surface area (Å²) in [5.74, 6) is 3.18. The normalized spacial score (nSPS) is 13.0. The number of para-hydroxylation sites is 2. The summed E-state index contributed by atoms with van der Waals surface area (Å²) in [5.41, 5.74) is 11.9. The maximum atomic E-state index is 6.81. The third-order valence-corrected chi connectivity index (χ3v) is 10.9. The molecule has 2 nitrogen and oxygen atoms in total. The number of aromatic nitrogens is 1. The lowest BCUT2D eigenvalue weighted by atomic mass is 9.34. The molecule has 0 fully saturated rings. The Kier molecular flexibility index (Phi) is 6.69. The Labute approximate surface area is 270 Å². The van der Waals surface area contributed by atoms with E-state index in [2.05, 4.69) is 149 Å². The highest BCUT2D eigenvalue weighted by molar-refractivity contribution is 7.26. The maximum absolute atomic E-state index is 6.81. The van der Waals surface area contributed by atoms with Crippen LogP contribution in [-0.4, -0.2) is 11.3 Å². The first-order valence-electron chi connectivity index (χ1n) is 16.3. The number of benzene rings is 5. The van der Waals surface area contributed by atoms with Gasteiger partial charge in [-0.05, 0) is 69.6 Å². The van der Waals surface area contributed by atoms with Crippen LogP contribution in [0.2, 0.25) is 0 Å². The van der Waals surface area contributed by atoms with Crippen LogP contribution in [0, 0.1) is 0 Å². The first-order chi connectivity index (χ1) is 21.8. The van der Waals surface area contributed by atoms with Gasteiger partial charge in [-0.25, -0.2) is 0 Å². The molecule has 0 bridgehead atoms. The van der Waals surface area contributed by atoms with Crippen LogP contribution in [0.25, 0.3) is 36.9 Å².